The van der Waals surface area contributed by atoms with Crippen LogP contribution >= 0.6 is 0 Å². The van der Waals surface area contributed by atoms with Gasteiger partial charge in [-0.15, -0.1) is 0 Å². The van der Waals surface area contributed by atoms with Gasteiger partial charge in [-0.05, 0) is 80.5 Å². The highest BCUT2D eigenvalue weighted by Gasteiger charge is 2.62. The van der Waals surface area contributed by atoms with Gasteiger partial charge in [0, 0.05) is 37.5 Å². The third-order valence-electron chi connectivity index (χ3n) is 11.7. The number of hydrogen-bond acceptors (Lipinski definition) is 8. The summed E-state index contributed by atoms with van der Waals surface area (Å²) >= 11 is 0. The molecule has 5 aliphatic rings. The first-order valence-electron chi connectivity index (χ1n) is 18.2. The van der Waals surface area contributed by atoms with Crippen molar-refractivity contribution in [3.8, 4) is 23.3 Å². The zero-order valence-electron chi connectivity index (χ0n) is 28.0. The van der Waals surface area contributed by atoms with Gasteiger partial charge in [0.1, 0.15) is 17.7 Å². The molecule has 0 aromatic heterocycles. The number of aliphatic hydroxyl groups excluding tert-OH is 1. The lowest BCUT2D eigenvalue weighted by Crippen LogP contribution is -2.75. The van der Waals surface area contributed by atoms with E-state index in [-0.39, 0.29) is 41.9 Å². The van der Waals surface area contributed by atoms with Crippen molar-refractivity contribution in [2.45, 2.75) is 93.8 Å². The van der Waals surface area contributed by atoms with Gasteiger partial charge < -0.3 is 20.5 Å². The molecule has 4 heterocycles. The number of rotatable bonds is 6. The van der Waals surface area contributed by atoms with Gasteiger partial charge in [0.25, 0.3) is 0 Å². The summed E-state index contributed by atoms with van der Waals surface area (Å²) in [5.41, 5.74) is 8.32. The Kier molecular flexibility index (Phi) is 10.2. The summed E-state index contributed by atoms with van der Waals surface area (Å²) < 4.78 is 6.19. The van der Waals surface area contributed by atoms with Crippen LogP contribution in [-0.4, -0.2) is 77.3 Å². The van der Waals surface area contributed by atoms with E-state index in [9.17, 15) is 9.90 Å². The molecule has 6 N–H and O–H groups in total. The third kappa shape index (κ3) is 6.67. The van der Waals surface area contributed by atoms with E-state index in [1.807, 2.05) is 35.2 Å². The van der Waals surface area contributed by atoms with Gasteiger partial charge in [-0.25, -0.2) is 0 Å². The molecule has 9 heteroatoms. The number of carbonyl (C=O) groups excluding carboxylic acids is 1. The number of likely N-dealkylation sites (tertiary alicyclic amines) is 2. The molecule has 2 aromatic carbocycles. The number of ether oxygens (including phenoxy) is 1. The average Bonchev–Trinajstić information content (AvgIpc) is 3.55. The highest BCUT2D eigenvalue weighted by Crippen LogP contribution is 2.51. The topological polar surface area (TPSA) is 115 Å². The first kappa shape index (κ1) is 33.3. The Morgan fingerprint density at radius 1 is 0.938 bits per heavy atom. The lowest BCUT2D eigenvalue weighted by atomic mass is 9.68. The standard InChI is InChI=1S/C39H52N6O3/c1-2-34(46)44-24-21-27(22-25-44)14-19-32-35(28-15-17-31(18-16-28)48-30-12-8-5-9-13-30)36-37(45(32)33-20-23-41-38(33)47)42-26-43-39(36,40)29-10-6-3-4-7-11-29/h2,5,8-9,12-13,15-18,27,29,32-33,35-38,41-43,47H,1,3-4,6-7,10-11,20-26,40H2. The summed E-state index contributed by atoms with van der Waals surface area (Å²) in [5, 5.41) is 22.2. The smallest absolute Gasteiger partial charge is 0.245 e. The summed E-state index contributed by atoms with van der Waals surface area (Å²) in [7, 11) is 0. The lowest BCUT2D eigenvalue weighted by Gasteiger charge is -2.51. The molecule has 1 amide bonds. The van der Waals surface area contributed by atoms with Crippen LogP contribution in [0.2, 0.25) is 0 Å². The third-order valence-corrected chi connectivity index (χ3v) is 11.7. The number of carbonyl (C=O) groups is 1. The number of nitrogens with one attached hydrogen (secondary N) is 3. The number of para-hydroxylation sites is 1. The molecule has 0 spiro atoms. The van der Waals surface area contributed by atoms with Gasteiger partial charge in [0.05, 0.1) is 23.9 Å². The molecule has 1 aliphatic carbocycles. The van der Waals surface area contributed by atoms with Crippen molar-refractivity contribution >= 4 is 5.91 Å². The van der Waals surface area contributed by atoms with E-state index in [1.54, 1.807) is 0 Å². The van der Waals surface area contributed by atoms with Gasteiger partial charge in [-0.2, -0.15) is 0 Å². The molecule has 5 fully saturated rings. The van der Waals surface area contributed by atoms with E-state index in [0.29, 0.717) is 25.7 Å². The highest BCUT2D eigenvalue weighted by molar-refractivity contribution is 5.87. The number of hydrogen-bond donors (Lipinski definition) is 5. The van der Waals surface area contributed by atoms with Crippen LogP contribution in [0.25, 0.3) is 0 Å². The van der Waals surface area contributed by atoms with E-state index >= 15 is 0 Å². The number of nitrogens with zero attached hydrogens (tertiary/aromatic N) is 2. The van der Waals surface area contributed by atoms with Crippen LogP contribution in [0.3, 0.4) is 0 Å². The van der Waals surface area contributed by atoms with Crippen LogP contribution < -0.4 is 26.4 Å². The molecule has 1 saturated carbocycles. The maximum Gasteiger partial charge on any atom is 0.245 e. The van der Waals surface area contributed by atoms with Gasteiger partial charge in [-0.3, -0.25) is 25.6 Å². The second kappa shape index (κ2) is 14.7. The van der Waals surface area contributed by atoms with Crippen LogP contribution in [0, 0.1) is 29.6 Å². The van der Waals surface area contributed by atoms with Crippen molar-refractivity contribution in [1.82, 2.24) is 25.8 Å². The summed E-state index contributed by atoms with van der Waals surface area (Å²) in [6.07, 6.45) is 10.4. The monoisotopic (exact) mass is 652 g/mol. The molecule has 256 valence electrons. The zero-order chi connectivity index (χ0) is 33.1. The zero-order valence-corrected chi connectivity index (χ0v) is 28.0. The maximum atomic E-state index is 12.2. The molecule has 7 unspecified atom stereocenters. The Labute approximate surface area is 285 Å². The lowest BCUT2D eigenvalue weighted by molar-refractivity contribution is -0.127. The summed E-state index contributed by atoms with van der Waals surface area (Å²) in [6.45, 7) is 6.44. The Morgan fingerprint density at radius 2 is 1.65 bits per heavy atom. The van der Waals surface area contributed by atoms with Crippen molar-refractivity contribution in [3.05, 3.63) is 72.8 Å². The van der Waals surface area contributed by atoms with E-state index < -0.39 is 11.9 Å². The molecule has 2 aromatic rings. The second-order valence-electron chi connectivity index (χ2n) is 14.4. The van der Waals surface area contributed by atoms with Crippen molar-refractivity contribution in [3.63, 3.8) is 0 Å². The van der Waals surface area contributed by atoms with Crippen LogP contribution in [0.15, 0.2) is 67.3 Å². The fourth-order valence-electron chi connectivity index (χ4n) is 9.24. The van der Waals surface area contributed by atoms with E-state index in [1.165, 1.54) is 37.3 Å². The Morgan fingerprint density at radius 3 is 2.31 bits per heavy atom. The largest absolute Gasteiger partial charge is 0.457 e. The van der Waals surface area contributed by atoms with Crippen LogP contribution in [-0.2, 0) is 4.79 Å². The quantitative estimate of drug-likeness (QED) is 0.180. The normalized spacial score (nSPS) is 33.3. The van der Waals surface area contributed by atoms with Gasteiger partial charge >= 0.3 is 0 Å². The Bertz CT molecular complexity index is 1460. The van der Waals surface area contributed by atoms with Gasteiger partial charge in [-0.1, -0.05) is 74.4 Å². The van der Waals surface area contributed by atoms with E-state index in [2.05, 4.69) is 63.5 Å². The van der Waals surface area contributed by atoms with Crippen LogP contribution in [0.5, 0.6) is 11.5 Å². The fourth-order valence-corrected chi connectivity index (χ4v) is 9.24. The predicted molar refractivity (Wildman–Crippen MR) is 188 cm³/mol. The molecule has 9 nitrogen and oxygen atoms in total. The number of benzene rings is 2. The highest BCUT2D eigenvalue weighted by atomic mass is 16.5. The first-order valence-corrected chi connectivity index (χ1v) is 18.2. The molecule has 4 aliphatic heterocycles. The average molecular weight is 653 g/mol. The number of piperidine rings is 1. The van der Waals surface area contributed by atoms with Crippen molar-refractivity contribution in [2.75, 3.05) is 26.3 Å². The van der Waals surface area contributed by atoms with E-state index in [0.717, 1.165) is 50.1 Å². The van der Waals surface area contributed by atoms with Gasteiger partial charge in [0.2, 0.25) is 5.91 Å². The van der Waals surface area contributed by atoms with Crippen molar-refractivity contribution in [2.24, 2.45) is 23.5 Å². The molecular weight excluding hydrogens is 600 g/mol. The fraction of sp³-hybridized carbons (Fsp3) is 0.564. The molecule has 7 atom stereocenters. The summed E-state index contributed by atoms with van der Waals surface area (Å²) in [6, 6.07) is 18.2. The number of aliphatic hydroxyl groups is 1. The number of nitrogens with two attached hydrogens (primary N) is 1. The van der Waals surface area contributed by atoms with Crippen LogP contribution in [0.4, 0.5) is 0 Å². The SMILES string of the molecule is C=CC(=O)N1CCC(C#CC2C(c3ccc(Oc4ccccc4)cc3)C3C(NCNC3(N)C3CCCCCC3)N2C2CCNC2O)CC1. The molecule has 0 bridgehead atoms. The summed E-state index contributed by atoms with van der Waals surface area (Å²) in [5.74, 6) is 9.70. The van der Waals surface area contributed by atoms with E-state index in [4.69, 9.17) is 10.5 Å². The molecule has 48 heavy (non-hydrogen) atoms. The maximum absolute atomic E-state index is 12.2. The minimum absolute atomic E-state index is 0.00272. The molecule has 0 radical (unpaired) electrons. The van der Waals surface area contributed by atoms with Gasteiger partial charge in [0.15, 0.2) is 0 Å². The summed E-state index contributed by atoms with van der Waals surface area (Å²) in [4.78, 5) is 16.6. The molecule has 4 saturated heterocycles. The van der Waals surface area contributed by atoms with Crippen molar-refractivity contribution < 1.29 is 14.6 Å². The Balaban J connectivity index is 1.27. The predicted octanol–water partition coefficient (Wildman–Crippen LogP) is 4.07. The minimum Gasteiger partial charge on any atom is -0.457 e. The van der Waals surface area contributed by atoms with Crippen LogP contribution in [0.1, 0.15) is 69.3 Å². The Hall–Kier alpha value is -3.23. The molecular formula is C39H52N6O3. The molecule has 7 rings (SSSR count). The van der Waals surface area contributed by atoms with Crippen molar-refractivity contribution in [1.29, 1.82) is 0 Å². The second-order valence-corrected chi connectivity index (χ2v) is 14.4. The number of amides is 1. The minimum atomic E-state index is -0.634. The number of fused-ring (bicyclic) bond motifs is 1. The first-order chi connectivity index (χ1) is 23.5.